The average molecular weight is 654 g/mol. The van der Waals surface area contributed by atoms with Crippen molar-refractivity contribution < 1.29 is 32.4 Å². The van der Waals surface area contributed by atoms with Gasteiger partial charge in [0.2, 0.25) is 5.91 Å². The van der Waals surface area contributed by atoms with E-state index in [1.807, 2.05) is 0 Å². The van der Waals surface area contributed by atoms with Crippen molar-refractivity contribution in [3.63, 3.8) is 0 Å². The van der Waals surface area contributed by atoms with Gasteiger partial charge in [0.05, 0.1) is 31.6 Å². The van der Waals surface area contributed by atoms with Crippen LogP contribution in [-0.4, -0.2) is 52.5 Å². The summed E-state index contributed by atoms with van der Waals surface area (Å²) >= 11 is 37.0. The van der Waals surface area contributed by atoms with Gasteiger partial charge in [0.15, 0.2) is 0 Å². The summed E-state index contributed by atoms with van der Waals surface area (Å²) in [6.07, 6.45) is -4.68. The number of hydrogen-bond donors (Lipinski definition) is 2. The van der Waals surface area contributed by atoms with Crippen LogP contribution in [0.2, 0.25) is 20.1 Å². The van der Waals surface area contributed by atoms with Gasteiger partial charge in [-0.2, -0.15) is 13.2 Å². The van der Waals surface area contributed by atoms with Crippen LogP contribution in [0.5, 0.6) is 0 Å². The predicted octanol–water partition coefficient (Wildman–Crippen LogP) is 6.26. The number of alkyl halides is 5. The third-order valence-corrected chi connectivity index (χ3v) is 8.22. The van der Waals surface area contributed by atoms with Crippen LogP contribution in [-0.2, 0) is 14.4 Å². The first kappa shape index (κ1) is 29.3. The van der Waals surface area contributed by atoms with Gasteiger partial charge in [-0.1, -0.05) is 46.4 Å². The van der Waals surface area contributed by atoms with Gasteiger partial charge in [-0.05, 0) is 35.9 Å². The molecule has 4 rings (SSSR count). The summed E-state index contributed by atoms with van der Waals surface area (Å²) in [6.45, 7) is -2.12. The van der Waals surface area contributed by atoms with Crippen LogP contribution in [0, 0.1) is 5.92 Å². The lowest BCUT2D eigenvalue weighted by Crippen LogP contribution is -2.44. The number of carbonyl (C=O) groups excluding carboxylic acids is 3. The maximum absolute atomic E-state index is 13.0. The second-order valence-electron chi connectivity index (χ2n) is 8.42. The molecule has 2 aromatic carbocycles. The van der Waals surface area contributed by atoms with Crippen LogP contribution in [0.3, 0.4) is 0 Å². The van der Waals surface area contributed by atoms with Crippen molar-refractivity contribution in [1.29, 1.82) is 0 Å². The van der Waals surface area contributed by atoms with E-state index in [4.69, 9.17) is 74.4 Å². The van der Waals surface area contributed by atoms with Gasteiger partial charge in [-0.3, -0.25) is 19.2 Å². The molecule has 2 N–H and O–H groups in total. The van der Waals surface area contributed by atoms with Crippen LogP contribution in [0.15, 0.2) is 30.3 Å². The molecule has 1 aliphatic heterocycles. The summed E-state index contributed by atoms with van der Waals surface area (Å²) in [4.78, 5) is 42.6. The molecule has 0 aromatic heterocycles. The lowest BCUT2D eigenvalue weighted by atomic mass is 10.1. The molecule has 2 aromatic rings. The smallest absolute Gasteiger partial charge is 0.338 e. The zero-order chi connectivity index (χ0) is 28.2. The zero-order valence-electron chi connectivity index (χ0n) is 18.5. The van der Waals surface area contributed by atoms with Crippen molar-refractivity contribution in [1.82, 2.24) is 10.4 Å². The summed E-state index contributed by atoms with van der Waals surface area (Å²) in [7, 11) is 0. The Morgan fingerprint density at radius 1 is 1.05 bits per heavy atom. The summed E-state index contributed by atoms with van der Waals surface area (Å²) in [5, 5.41) is 5.41. The number of rotatable bonds is 6. The molecule has 7 nitrogen and oxygen atoms in total. The standard InChI is InChI=1S/C22H14Cl6F3N3O4/c23-11-2-1-9(5-10(11)18(35)33-14-6-38-34(20(14)37)7-21(29,30)31)32-19(36)16-15(22(16,27)28)8-3-12(24)17(26)13(25)4-8/h1-5,14-16H,6-7H2,(H,32,36)(H,33,35)/t14-,15?,16?/m1/s1. The lowest BCUT2D eigenvalue weighted by Gasteiger charge is -2.16. The molecule has 204 valence electrons. The van der Waals surface area contributed by atoms with E-state index in [-0.39, 0.29) is 36.4 Å². The molecule has 1 saturated heterocycles. The molecule has 16 heteroatoms. The fourth-order valence-corrected chi connectivity index (χ4v) is 5.56. The van der Waals surface area contributed by atoms with Gasteiger partial charge < -0.3 is 10.6 Å². The topological polar surface area (TPSA) is 87.7 Å². The molecule has 2 fully saturated rings. The third-order valence-electron chi connectivity index (χ3n) is 5.75. The fourth-order valence-electron chi connectivity index (χ4n) is 3.92. The number of nitrogens with one attached hydrogen (secondary N) is 2. The minimum Gasteiger partial charge on any atom is -0.338 e. The van der Waals surface area contributed by atoms with Crippen LogP contribution in [0.1, 0.15) is 21.8 Å². The summed E-state index contributed by atoms with van der Waals surface area (Å²) in [6, 6.07) is 5.58. The molecule has 2 aliphatic rings. The van der Waals surface area contributed by atoms with Gasteiger partial charge in [-0.25, -0.2) is 5.06 Å². The van der Waals surface area contributed by atoms with E-state index in [1.165, 1.54) is 30.3 Å². The fraction of sp³-hybridized carbons (Fsp3) is 0.318. The molecular weight excluding hydrogens is 640 g/mol. The SMILES string of the molecule is O=C(N[C@@H]1CON(CC(F)(F)F)C1=O)c1cc(NC(=O)C2C(c3cc(Cl)c(Cl)c(Cl)c3)C2(Cl)Cl)ccc1Cl. The quantitative estimate of drug-likeness (QED) is 0.285. The molecule has 0 spiro atoms. The van der Waals surface area contributed by atoms with E-state index in [0.29, 0.717) is 5.56 Å². The molecule has 3 amide bonds. The van der Waals surface area contributed by atoms with Gasteiger partial charge in [0, 0.05) is 11.6 Å². The van der Waals surface area contributed by atoms with E-state index in [2.05, 4.69) is 10.6 Å². The molecule has 0 radical (unpaired) electrons. The second-order valence-corrected chi connectivity index (χ2v) is 11.5. The summed E-state index contributed by atoms with van der Waals surface area (Å²) in [5.74, 6) is -4.11. The molecule has 3 atom stereocenters. The lowest BCUT2D eigenvalue weighted by molar-refractivity contribution is -0.214. The van der Waals surface area contributed by atoms with Crippen molar-refractivity contribution in [3.8, 4) is 0 Å². The minimum absolute atomic E-state index is 0.0437. The zero-order valence-corrected chi connectivity index (χ0v) is 23.1. The molecule has 1 saturated carbocycles. The number of anilines is 1. The highest BCUT2D eigenvalue weighted by Gasteiger charge is 2.67. The van der Waals surface area contributed by atoms with Crippen molar-refractivity contribution in [2.75, 3.05) is 18.5 Å². The number of carbonyl (C=O) groups is 3. The van der Waals surface area contributed by atoms with Crippen molar-refractivity contribution in [2.45, 2.75) is 22.5 Å². The third kappa shape index (κ3) is 6.06. The van der Waals surface area contributed by atoms with Crippen LogP contribution < -0.4 is 10.6 Å². The van der Waals surface area contributed by atoms with Crippen molar-refractivity contribution >= 4 is 93.0 Å². The number of hydroxylamine groups is 2. The van der Waals surface area contributed by atoms with E-state index in [1.54, 1.807) is 0 Å². The Bertz CT molecular complexity index is 1300. The first-order valence-corrected chi connectivity index (χ1v) is 12.8. The Morgan fingerprint density at radius 2 is 1.68 bits per heavy atom. The van der Waals surface area contributed by atoms with E-state index in [9.17, 15) is 27.6 Å². The highest BCUT2D eigenvalue weighted by molar-refractivity contribution is 6.54. The number of halogens is 9. The Balaban J connectivity index is 1.45. The van der Waals surface area contributed by atoms with Crippen LogP contribution in [0.25, 0.3) is 0 Å². The molecule has 0 bridgehead atoms. The molecule has 1 aliphatic carbocycles. The molecule has 1 heterocycles. The second kappa shape index (κ2) is 10.7. The Kier molecular flexibility index (Phi) is 8.28. The van der Waals surface area contributed by atoms with Gasteiger partial charge in [0.25, 0.3) is 11.8 Å². The highest BCUT2D eigenvalue weighted by Crippen LogP contribution is 2.65. The van der Waals surface area contributed by atoms with Crippen LogP contribution >= 0.6 is 69.6 Å². The molecular formula is C22H14Cl6F3N3O4. The van der Waals surface area contributed by atoms with E-state index >= 15 is 0 Å². The summed E-state index contributed by atoms with van der Waals surface area (Å²) in [5.41, 5.74) is 0.478. The predicted molar refractivity (Wildman–Crippen MR) is 137 cm³/mol. The van der Waals surface area contributed by atoms with Crippen LogP contribution in [0.4, 0.5) is 18.9 Å². The largest absolute Gasteiger partial charge is 0.408 e. The monoisotopic (exact) mass is 651 g/mol. The van der Waals surface area contributed by atoms with Gasteiger partial charge >= 0.3 is 6.18 Å². The Morgan fingerprint density at radius 3 is 2.29 bits per heavy atom. The number of amides is 3. The van der Waals surface area contributed by atoms with Crippen molar-refractivity contribution in [2.24, 2.45) is 5.92 Å². The number of hydrogen-bond acceptors (Lipinski definition) is 4. The average Bonchev–Trinajstić information content (AvgIpc) is 3.26. The molecule has 2 unspecified atom stereocenters. The number of benzene rings is 2. The first-order valence-electron chi connectivity index (χ1n) is 10.5. The van der Waals surface area contributed by atoms with Crippen molar-refractivity contribution in [3.05, 3.63) is 61.5 Å². The normalized spacial score (nSPS) is 22.4. The Labute approximate surface area is 243 Å². The summed E-state index contributed by atoms with van der Waals surface area (Å²) < 4.78 is 36.2. The maximum Gasteiger partial charge on any atom is 0.408 e. The first-order chi connectivity index (χ1) is 17.6. The van der Waals surface area contributed by atoms with Gasteiger partial charge in [0.1, 0.15) is 23.5 Å². The van der Waals surface area contributed by atoms with E-state index < -0.39 is 59.3 Å². The minimum atomic E-state index is -4.68. The highest BCUT2D eigenvalue weighted by atomic mass is 35.5. The Hall–Kier alpha value is -1.66. The molecule has 38 heavy (non-hydrogen) atoms. The van der Waals surface area contributed by atoms with Gasteiger partial charge in [-0.15, -0.1) is 23.2 Å². The number of nitrogens with zero attached hydrogens (tertiary/aromatic N) is 1. The van der Waals surface area contributed by atoms with E-state index in [0.717, 1.165) is 0 Å². The maximum atomic E-state index is 13.0.